The molecule has 1 atom stereocenters. The van der Waals surface area contributed by atoms with Crippen LogP contribution in [0.3, 0.4) is 0 Å². The summed E-state index contributed by atoms with van der Waals surface area (Å²) in [7, 11) is -2.88. The lowest BCUT2D eigenvalue weighted by atomic mass is 10.3. The largest absolute Gasteiger partial charge is 0.490 e. The van der Waals surface area contributed by atoms with E-state index in [0.29, 0.717) is 6.07 Å². The van der Waals surface area contributed by atoms with Crippen molar-refractivity contribution in [3.63, 3.8) is 0 Å². The number of hydrogen-bond donors (Lipinski definition) is 0. The number of benzene rings is 1. The summed E-state index contributed by atoms with van der Waals surface area (Å²) < 4.78 is 42.4. The van der Waals surface area contributed by atoms with Crippen molar-refractivity contribution in [2.24, 2.45) is 0 Å². The second-order valence-corrected chi connectivity index (χ2v) is 6.36. The molecule has 0 aliphatic carbocycles. The molecule has 0 heterocycles. The summed E-state index contributed by atoms with van der Waals surface area (Å²) in [5.74, 6) is -1.75. The number of alkyl halides is 1. The van der Waals surface area contributed by atoms with Crippen LogP contribution in [0.4, 0.5) is 10.1 Å². The van der Waals surface area contributed by atoms with Gasteiger partial charge in [0.2, 0.25) is 0 Å². The van der Waals surface area contributed by atoms with Crippen molar-refractivity contribution in [1.82, 2.24) is 0 Å². The molecular weight excluding hydrogens is 301 g/mol. The van der Waals surface area contributed by atoms with Gasteiger partial charge in [0.05, 0.1) is 23.3 Å². The van der Waals surface area contributed by atoms with Gasteiger partial charge in [-0.2, -0.15) is 0 Å². The summed E-state index contributed by atoms with van der Waals surface area (Å²) in [6.07, 6.45) is 0. The summed E-state index contributed by atoms with van der Waals surface area (Å²) in [6, 6.07) is 1.32. The van der Waals surface area contributed by atoms with Gasteiger partial charge in [-0.3, -0.25) is 10.1 Å². The van der Waals surface area contributed by atoms with Gasteiger partial charge in [0.1, 0.15) is 10.7 Å². The van der Waals surface area contributed by atoms with E-state index in [1.807, 2.05) is 0 Å². The normalized spacial score (nSPS) is 13.1. The zero-order valence-electron chi connectivity index (χ0n) is 10.1. The average molecular weight is 312 g/mol. The van der Waals surface area contributed by atoms with E-state index in [2.05, 4.69) is 0 Å². The van der Waals surface area contributed by atoms with Crippen LogP contribution in [0.2, 0.25) is 0 Å². The Morgan fingerprint density at radius 2 is 2.11 bits per heavy atom. The Balaban J connectivity index is 3.52. The second kappa shape index (κ2) is 5.70. The zero-order chi connectivity index (χ0) is 14.8. The van der Waals surface area contributed by atoms with Gasteiger partial charge in [-0.15, -0.1) is 11.6 Å². The minimum atomic E-state index is -4.00. The number of nitro benzene ring substituents is 1. The van der Waals surface area contributed by atoms with Crippen LogP contribution in [0.5, 0.6) is 5.75 Å². The lowest BCUT2D eigenvalue weighted by Crippen LogP contribution is -2.20. The Bertz CT molecular complexity index is 604. The number of nitrogens with zero attached hydrogens (tertiary/aromatic N) is 1. The third kappa shape index (κ3) is 2.95. The van der Waals surface area contributed by atoms with E-state index < -0.39 is 36.4 Å². The highest BCUT2D eigenvalue weighted by molar-refractivity contribution is 7.92. The number of ether oxygens (including phenoxy) is 1. The van der Waals surface area contributed by atoms with Crippen LogP contribution in [-0.4, -0.2) is 31.6 Å². The maximum absolute atomic E-state index is 13.7. The molecule has 106 valence electrons. The third-order valence-corrected chi connectivity index (χ3v) is 5.28. The molecule has 0 N–H and O–H groups in total. The van der Waals surface area contributed by atoms with Gasteiger partial charge in [-0.25, -0.2) is 12.8 Å². The lowest BCUT2D eigenvalue weighted by Gasteiger charge is -2.12. The monoisotopic (exact) mass is 311 g/mol. The van der Waals surface area contributed by atoms with E-state index in [0.717, 1.165) is 13.2 Å². The Kier molecular flexibility index (Phi) is 4.70. The molecule has 6 nitrogen and oxygen atoms in total. The molecule has 0 spiro atoms. The van der Waals surface area contributed by atoms with E-state index in [1.54, 1.807) is 0 Å². The second-order valence-electron chi connectivity index (χ2n) is 3.72. The SMILES string of the molecule is COc1cc(S(=O)(=O)C(C)CCl)c(F)cc1[N+](=O)[O-]. The van der Waals surface area contributed by atoms with Gasteiger partial charge in [-0.05, 0) is 6.92 Å². The highest BCUT2D eigenvalue weighted by Gasteiger charge is 2.30. The molecule has 9 heteroatoms. The average Bonchev–Trinajstić information content (AvgIpc) is 2.36. The van der Waals surface area contributed by atoms with Crippen molar-refractivity contribution in [2.75, 3.05) is 13.0 Å². The van der Waals surface area contributed by atoms with E-state index in [4.69, 9.17) is 16.3 Å². The summed E-state index contributed by atoms with van der Waals surface area (Å²) in [5.41, 5.74) is -0.641. The van der Waals surface area contributed by atoms with Crippen molar-refractivity contribution in [2.45, 2.75) is 17.1 Å². The predicted octanol–water partition coefficient (Wildman–Crippen LogP) is 2.14. The van der Waals surface area contributed by atoms with Gasteiger partial charge in [0.15, 0.2) is 15.6 Å². The number of methoxy groups -OCH3 is 1. The van der Waals surface area contributed by atoms with Crippen LogP contribution < -0.4 is 4.74 Å². The molecule has 0 aliphatic heterocycles. The van der Waals surface area contributed by atoms with Crippen LogP contribution in [-0.2, 0) is 9.84 Å². The van der Waals surface area contributed by atoms with Crippen LogP contribution in [0.1, 0.15) is 6.92 Å². The number of rotatable bonds is 5. The van der Waals surface area contributed by atoms with Gasteiger partial charge >= 0.3 is 5.69 Å². The van der Waals surface area contributed by atoms with Crippen molar-refractivity contribution in [3.8, 4) is 5.75 Å². The standard InChI is InChI=1S/C10H11ClFNO5S/c1-6(5-11)19(16,17)10-4-9(18-2)8(13(14)15)3-7(10)12/h3-4,6H,5H2,1-2H3. The Morgan fingerprint density at radius 3 is 2.53 bits per heavy atom. The van der Waals surface area contributed by atoms with Gasteiger partial charge in [0.25, 0.3) is 0 Å². The van der Waals surface area contributed by atoms with Crippen molar-refractivity contribution in [3.05, 3.63) is 28.1 Å². The van der Waals surface area contributed by atoms with Gasteiger partial charge in [-0.1, -0.05) is 0 Å². The molecule has 19 heavy (non-hydrogen) atoms. The molecule has 1 unspecified atom stereocenters. The van der Waals surface area contributed by atoms with Crippen molar-refractivity contribution < 1.29 is 22.5 Å². The molecule has 0 bridgehead atoms. The highest BCUT2D eigenvalue weighted by atomic mass is 35.5. The highest BCUT2D eigenvalue weighted by Crippen LogP contribution is 2.33. The Labute approximate surface area is 114 Å². The molecule has 0 aliphatic rings. The van der Waals surface area contributed by atoms with E-state index in [-0.39, 0.29) is 11.6 Å². The van der Waals surface area contributed by atoms with Crippen LogP contribution >= 0.6 is 11.6 Å². The van der Waals surface area contributed by atoms with Crippen LogP contribution in [0.15, 0.2) is 17.0 Å². The first kappa shape index (κ1) is 15.6. The molecule has 0 amide bonds. The quantitative estimate of drug-likeness (QED) is 0.472. The zero-order valence-corrected chi connectivity index (χ0v) is 11.7. The first-order chi connectivity index (χ1) is 8.75. The van der Waals surface area contributed by atoms with Crippen molar-refractivity contribution in [1.29, 1.82) is 0 Å². The molecular formula is C10H11ClFNO5S. The van der Waals surface area contributed by atoms with Gasteiger partial charge in [0, 0.05) is 11.9 Å². The predicted molar refractivity (Wildman–Crippen MR) is 67.0 cm³/mol. The topological polar surface area (TPSA) is 86.5 Å². The first-order valence-corrected chi connectivity index (χ1v) is 7.15. The molecule has 0 saturated heterocycles. The summed E-state index contributed by atoms with van der Waals surface area (Å²) in [5, 5.41) is 9.65. The molecule has 0 fully saturated rings. The third-order valence-electron chi connectivity index (χ3n) is 2.48. The molecule has 0 aromatic heterocycles. The molecule has 1 aromatic rings. The van der Waals surface area contributed by atoms with Gasteiger partial charge < -0.3 is 4.74 Å². The fourth-order valence-electron chi connectivity index (χ4n) is 1.35. The Hall–Kier alpha value is -1.41. The maximum Gasteiger partial charge on any atom is 0.313 e. The van der Waals surface area contributed by atoms with Crippen LogP contribution in [0, 0.1) is 15.9 Å². The first-order valence-electron chi connectivity index (χ1n) is 5.07. The minimum absolute atomic E-state index is 0.221. The molecule has 0 saturated carbocycles. The van der Waals surface area contributed by atoms with E-state index in [1.165, 1.54) is 6.92 Å². The number of sulfone groups is 1. The summed E-state index contributed by atoms with van der Waals surface area (Å²) in [4.78, 5) is 9.15. The van der Waals surface area contributed by atoms with Crippen LogP contribution in [0.25, 0.3) is 0 Å². The minimum Gasteiger partial charge on any atom is -0.490 e. The molecule has 1 aromatic carbocycles. The summed E-state index contributed by atoms with van der Waals surface area (Å²) in [6.45, 7) is 1.32. The summed E-state index contributed by atoms with van der Waals surface area (Å²) >= 11 is 5.45. The smallest absolute Gasteiger partial charge is 0.313 e. The van der Waals surface area contributed by atoms with E-state index in [9.17, 15) is 22.9 Å². The fraction of sp³-hybridized carbons (Fsp3) is 0.400. The van der Waals surface area contributed by atoms with E-state index >= 15 is 0 Å². The number of nitro groups is 1. The fourth-order valence-corrected chi connectivity index (χ4v) is 3.05. The number of hydrogen-bond acceptors (Lipinski definition) is 5. The molecule has 0 radical (unpaired) electrons. The van der Waals surface area contributed by atoms with Crippen molar-refractivity contribution >= 4 is 27.1 Å². The molecule has 1 rings (SSSR count). The Morgan fingerprint density at radius 1 is 1.53 bits per heavy atom. The maximum atomic E-state index is 13.7. The number of halogens is 2. The lowest BCUT2D eigenvalue weighted by molar-refractivity contribution is -0.386.